The summed E-state index contributed by atoms with van der Waals surface area (Å²) in [7, 11) is 0. The summed E-state index contributed by atoms with van der Waals surface area (Å²) in [6, 6.07) is 10.2. The lowest BCUT2D eigenvalue weighted by Gasteiger charge is -2.18. The van der Waals surface area contributed by atoms with Gasteiger partial charge in [-0.05, 0) is 43.7 Å². The number of Topliss-reactive ketones (excluding diaryl/α,β-unsaturated/α-hetero) is 1. The van der Waals surface area contributed by atoms with E-state index in [9.17, 15) is 18.7 Å². The summed E-state index contributed by atoms with van der Waals surface area (Å²) in [6.07, 6.45) is -0.797. The number of benzene rings is 2. The first-order valence-corrected chi connectivity index (χ1v) is 7.97. The van der Waals surface area contributed by atoms with Crippen LogP contribution in [0.2, 0.25) is 0 Å². The number of hydrogen-bond acceptors (Lipinski definition) is 4. The van der Waals surface area contributed by atoms with Crippen LogP contribution in [0, 0.1) is 11.6 Å². The van der Waals surface area contributed by atoms with Crippen LogP contribution in [0.15, 0.2) is 42.5 Å². The number of rotatable bonds is 8. The van der Waals surface area contributed by atoms with Crippen LogP contribution in [-0.4, -0.2) is 30.1 Å². The van der Waals surface area contributed by atoms with Crippen LogP contribution in [0.25, 0.3) is 0 Å². The zero-order valence-electron chi connectivity index (χ0n) is 14.1. The Labute approximate surface area is 145 Å². The SMILES string of the molecule is CC(=O)c1cccc(OCC(O)CNC(C)c2ccc(F)c(F)c2)c1. The monoisotopic (exact) mass is 349 g/mol. The van der Waals surface area contributed by atoms with Gasteiger partial charge in [0.25, 0.3) is 0 Å². The zero-order chi connectivity index (χ0) is 18.4. The van der Waals surface area contributed by atoms with Gasteiger partial charge in [0.2, 0.25) is 0 Å². The number of hydrogen-bond donors (Lipinski definition) is 2. The second-order valence-corrected chi connectivity index (χ2v) is 5.85. The highest BCUT2D eigenvalue weighted by Crippen LogP contribution is 2.16. The molecule has 2 rings (SSSR count). The third-order valence-electron chi connectivity index (χ3n) is 3.79. The third kappa shape index (κ3) is 5.62. The number of ether oxygens (including phenoxy) is 1. The number of aliphatic hydroxyl groups is 1. The van der Waals surface area contributed by atoms with Gasteiger partial charge in [0, 0.05) is 18.2 Å². The lowest BCUT2D eigenvalue weighted by Crippen LogP contribution is -2.33. The average molecular weight is 349 g/mol. The molecule has 0 heterocycles. The molecular formula is C19H21F2NO3. The molecule has 0 spiro atoms. The highest BCUT2D eigenvalue weighted by atomic mass is 19.2. The van der Waals surface area contributed by atoms with Gasteiger partial charge < -0.3 is 15.2 Å². The van der Waals surface area contributed by atoms with Crippen molar-refractivity contribution in [2.45, 2.75) is 26.0 Å². The molecule has 0 saturated carbocycles. The Balaban J connectivity index is 1.82. The van der Waals surface area contributed by atoms with Crippen molar-refractivity contribution in [3.05, 3.63) is 65.2 Å². The average Bonchev–Trinajstić information content (AvgIpc) is 2.60. The van der Waals surface area contributed by atoms with Gasteiger partial charge in [-0.2, -0.15) is 0 Å². The van der Waals surface area contributed by atoms with E-state index in [0.717, 1.165) is 12.1 Å². The van der Waals surface area contributed by atoms with Crippen LogP contribution in [0.1, 0.15) is 35.8 Å². The molecule has 0 aliphatic carbocycles. The molecule has 0 aliphatic heterocycles. The minimum atomic E-state index is -0.902. The second kappa shape index (κ2) is 8.69. The molecule has 0 bridgehead atoms. The van der Waals surface area contributed by atoms with E-state index in [1.165, 1.54) is 13.0 Å². The third-order valence-corrected chi connectivity index (χ3v) is 3.79. The minimum absolute atomic E-state index is 0.0405. The molecule has 0 aliphatic rings. The molecule has 2 N–H and O–H groups in total. The number of aliphatic hydroxyl groups excluding tert-OH is 1. The van der Waals surface area contributed by atoms with E-state index in [0.29, 0.717) is 16.9 Å². The van der Waals surface area contributed by atoms with E-state index in [1.54, 1.807) is 31.2 Å². The zero-order valence-corrected chi connectivity index (χ0v) is 14.1. The van der Waals surface area contributed by atoms with E-state index in [4.69, 9.17) is 4.74 Å². The van der Waals surface area contributed by atoms with Crippen molar-refractivity contribution in [3.8, 4) is 5.75 Å². The Hall–Kier alpha value is -2.31. The van der Waals surface area contributed by atoms with E-state index >= 15 is 0 Å². The fourth-order valence-electron chi connectivity index (χ4n) is 2.27. The topological polar surface area (TPSA) is 58.6 Å². The number of nitrogens with one attached hydrogen (secondary N) is 1. The largest absolute Gasteiger partial charge is 0.491 e. The minimum Gasteiger partial charge on any atom is -0.491 e. The van der Waals surface area contributed by atoms with Gasteiger partial charge in [0.15, 0.2) is 17.4 Å². The van der Waals surface area contributed by atoms with Gasteiger partial charge in [-0.1, -0.05) is 18.2 Å². The Kier molecular flexibility index (Phi) is 6.61. The normalized spacial score (nSPS) is 13.3. The maximum atomic E-state index is 13.2. The predicted octanol–water partition coefficient (Wildman–Crippen LogP) is 3.26. The van der Waals surface area contributed by atoms with Crippen LogP contribution in [-0.2, 0) is 0 Å². The molecule has 134 valence electrons. The molecule has 25 heavy (non-hydrogen) atoms. The van der Waals surface area contributed by atoms with E-state index in [-0.39, 0.29) is 25.0 Å². The van der Waals surface area contributed by atoms with Crippen molar-refractivity contribution in [2.75, 3.05) is 13.2 Å². The molecule has 0 aromatic heterocycles. The Morgan fingerprint density at radius 2 is 1.96 bits per heavy atom. The van der Waals surface area contributed by atoms with Crippen molar-refractivity contribution < 1.29 is 23.4 Å². The predicted molar refractivity (Wildman–Crippen MR) is 90.7 cm³/mol. The highest BCUT2D eigenvalue weighted by molar-refractivity contribution is 5.94. The molecule has 2 atom stereocenters. The number of carbonyl (C=O) groups excluding carboxylic acids is 1. The fraction of sp³-hybridized carbons (Fsp3) is 0.316. The van der Waals surface area contributed by atoms with Crippen molar-refractivity contribution in [1.82, 2.24) is 5.32 Å². The molecule has 2 aromatic rings. The lowest BCUT2D eigenvalue weighted by atomic mass is 10.1. The molecule has 6 heteroatoms. The fourth-order valence-corrected chi connectivity index (χ4v) is 2.27. The molecule has 0 saturated heterocycles. The maximum absolute atomic E-state index is 13.2. The molecule has 0 radical (unpaired) electrons. The summed E-state index contributed by atoms with van der Waals surface area (Å²) in [5, 5.41) is 13.0. The van der Waals surface area contributed by atoms with Gasteiger partial charge in [-0.25, -0.2) is 8.78 Å². The van der Waals surface area contributed by atoms with Crippen molar-refractivity contribution in [3.63, 3.8) is 0 Å². The number of halogens is 2. The first-order chi connectivity index (χ1) is 11.9. The summed E-state index contributed by atoms with van der Waals surface area (Å²) in [4.78, 5) is 11.3. The van der Waals surface area contributed by atoms with E-state index in [1.807, 2.05) is 0 Å². The van der Waals surface area contributed by atoms with Gasteiger partial charge in [-0.3, -0.25) is 4.79 Å². The van der Waals surface area contributed by atoms with E-state index < -0.39 is 17.7 Å². The summed E-state index contributed by atoms with van der Waals surface area (Å²) in [5.74, 6) is -1.36. The smallest absolute Gasteiger partial charge is 0.159 e. The van der Waals surface area contributed by atoms with Gasteiger partial charge in [-0.15, -0.1) is 0 Å². The van der Waals surface area contributed by atoms with Crippen LogP contribution in [0.4, 0.5) is 8.78 Å². The standard InChI is InChI=1S/C19H21F2NO3/c1-12(14-6-7-18(20)19(21)9-14)22-10-16(24)11-25-17-5-3-4-15(8-17)13(2)23/h3-9,12,16,22,24H,10-11H2,1-2H3. The van der Waals surface area contributed by atoms with Crippen LogP contribution in [0.5, 0.6) is 5.75 Å². The Morgan fingerprint density at radius 3 is 2.64 bits per heavy atom. The summed E-state index contributed by atoms with van der Waals surface area (Å²) in [6.45, 7) is 3.51. The van der Waals surface area contributed by atoms with E-state index in [2.05, 4.69) is 5.32 Å². The molecular weight excluding hydrogens is 328 g/mol. The van der Waals surface area contributed by atoms with Gasteiger partial charge in [0.05, 0.1) is 0 Å². The second-order valence-electron chi connectivity index (χ2n) is 5.85. The van der Waals surface area contributed by atoms with Crippen LogP contribution in [0.3, 0.4) is 0 Å². The summed E-state index contributed by atoms with van der Waals surface area (Å²) >= 11 is 0. The first kappa shape index (κ1) is 19.0. The highest BCUT2D eigenvalue weighted by Gasteiger charge is 2.12. The molecule has 4 nitrogen and oxygen atoms in total. The number of ketones is 1. The summed E-state index contributed by atoms with van der Waals surface area (Å²) < 4.78 is 31.7. The summed E-state index contributed by atoms with van der Waals surface area (Å²) in [5.41, 5.74) is 1.12. The van der Waals surface area contributed by atoms with Crippen molar-refractivity contribution >= 4 is 5.78 Å². The quantitative estimate of drug-likeness (QED) is 0.718. The van der Waals surface area contributed by atoms with Crippen LogP contribution >= 0.6 is 0 Å². The van der Waals surface area contributed by atoms with Gasteiger partial charge >= 0.3 is 0 Å². The molecule has 0 amide bonds. The first-order valence-electron chi connectivity index (χ1n) is 7.97. The maximum Gasteiger partial charge on any atom is 0.159 e. The Morgan fingerprint density at radius 1 is 1.20 bits per heavy atom. The number of carbonyl (C=O) groups is 1. The molecule has 0 fully saturated rings. The van der Waals surface area contributed by atoms with Gasteiger partial charge in [0.1, 0.15) is 18.5 Å². The Bertz CT molecular complexity index is 736. The van der Waals surface area contributed by atoms with Crippen molar-refractivity contribution in [1.29, 1.82) is 0 Å². The molecule has 2 aromatic carbocycles. The van der Waals surface area contributed by atoms with Crippen LogP contribution < -0.4 is 10.1 Å². The molecule has 2 unspecified atom stereocenters. The van der Waals surface area contributed by atoms with Crippen molar-refractivity contribution in [2.24, 2.45) is 0 Å². The lowest BCUT2D eigenvalue weighted by molar-refractivity contribution is 0.101.